The van der Waals surface area contributed by atoms with Gasteiger partial charge >= 0.3 is 0 Å². The molecule has 1 aromatic heterocycles. The SMILES string of the molecule is COc1ccc(CC(=O)n2nc(-c3ccc(OC)cc3)nc2NCc2ccc(N(C)C)cc2)cc1. The highest BCUT2D eigenvalue weighted by Gasteiger charge is 2.18. The summed E-state index contributed by atoms with van der Waals surface area (Å²) in [6, 6.07) is 23.1. The molecule has 8 nitrogen and oxygen atoms in total. The van der Waals surface area contributed by atoms with Gasteiger partial charge in [0.2, 0.25) is 5.95 Å². The van der Waals surface area contributed by atoms with Gasteiger partial charge in [-0.3, -0.25) is 4.79 Å². The summed E-state index contributed by atoms with van der Waals surface area (Å²) in [4.78, 5) is 19.9. The molecule has 0 saturated carbocycles. The Morgan fingerprint density at radius 1 is 0.857 bits per heavy atom. The molecule has 4 aromatic rings. The number of hydrogen-bond acceptors (Lipinski definition) is 7. The zero-order valence-corrected chi connectivity index (χ0v) is 20.4. The minimum Gasteiger partial charge on any atom is -0.497 e. The van der Waals surface area contributed by atoms with Crippen LogP contribution in [0.25, 0.3) is 11.4 Å². The van der Waals surface area contributed by atoms with Crippen LogP contribution in [0.3, 0.4) is 0 Å². The van der Waals surface area contributed by atoms with Crippen LogP contribution >= 0.6 is 0 Å². The van der Waals surface area contributed by atoms with E-state index in [2.05, 4.69) is 27.5 Å². The normalized spacial score (nSPS) is 10.6. The van der Waals surface area contributed by atoms with Crippen LogP contribution in [0.1, 0.15) is 15.9 Å². The first kappa shape index (κ1) is 23.8. The van der Waals surface area contributed by atoms with E-state index in [0.717, 1.165) is 33.9 Å². The smallest absolute Gasteiger partial charge is 0.254 e. The van der Waals surface area contributed by atoms with Crippen LogP contribution in [0.4, 0.5) is 11.6 Å². The zero-order chi connectivity index (χ0) is 24.8. The number of methoxy groups -OCH3 is 2. The first-order valence-electron chi connectivity index (χ1n) is 11.2. The minimum atomic E-state index is -0.187. The van der Waals surface area contributed by atoms with Crippen molar-refractivity contribution in [2.45, 2.75) is 13.0 Å². The molecule has 4 rings (SSSR count). The number of nitrogens with one attached hydrogen (secondary N) is 1. The van der Waals surface area contributed by atoms with Crippen LogP contribution in [-0.4, -0.2) is 49.0 Å². The summed E-state index contributed by atoms with van der Waals surface area (Å²) in [7, 11) is 7.24. The predicted octanol–water partition coefficient (Wildman–Crippen LogP) is 4.52. The van der Waals surface area contributed by atoms with Crippen molar-refractivity contribution in [3.63, 3.8) is 0 Å². The molecule has 3 aromatic carbocycles. The predicted molar refractivity (Wildman–Crippen MR) is 137 cm³/mol. The zero-order valence-electron chi connectivity index (χ0n) is 20.4. The number of benzene rings is 3. The number of aromatic nitrogens is 3. The number of rotatable bonds is 9. The van der Waals surface area contributed by atoms with E-state index in [-0.39, 0.29) is 12.3 Å². The third-order valence-corrected chi connectivity index (χ3v) is 5.61. The Morgan fingerprint density at radius 2 is 1.43 bits per heavy atom. The lowest BCUT2D eigenvalue weighted by Crippen LogP contribution is -2.18. The lowest BCUT2D eigenvalue weighted by Gasteiger charge is -2.13. The number of ether oxygens (including phenoxy) is 2. The molecule has 0 fully saturated rings. The van der Waals surface area contributed by atoms with E-state index >= 15 is 0 Å². The number of carbonyl (C=O) groups excluding carboxylic acids is 1. The highest BCUT2D eigenvalue weighted by molar-refractivity contribution is 5.83. The van der Waals surface area contributed by atoms with Gasteiger partial charge in [0.25, 0.3) is 5.91 Å². The molecule has 180 valence electrons. The number of hydrogen-bond donors (Lipinski definition) is 1. The second-order valence-corrected chi connectivity index (χ2v) is 8.23. The van der Waals surface area contributed by atoms with Crippen LogP contribution in [0, 0.1) is 0 Å². The van der Waals surface area contributed by atoms with Gasteiger partial charge in [-0.15, -0.1) is 5.10 Å². The van der Waals surface area contributed by atoms with Crippen LogP contribution in [0.5, 0.6) is 11.5 Å². The highest BCUT2D eigenvalue weighted by Crippen LogP contribution is 2.22. The van der Waals surface area contributed by atoms with E-state index in [4.69, 9.17) is 9.47 Å². The van der Waals surface area contributed by atoms with E-state index in [9.17, 15) is 4.79 Å². The van der Waals surface area contributed by atoms with E-state index < -0.39 is 0 Å². The third kappa shape index (κ3) is 5.78. The van der Waals surface area contributed by atoms with E-state index in [1.165, 1.54) is 4.68 Å². The molecule has 0 spiro atoms. The van der Waals surface area contributed by atoms with Crippen LogP contribution in [0.2, 0.25) is 0 Å². The lowest BCUT2D eigenvalue weighted by molar-refractivity contribution is 0.0901. The standard InChI is InChI=1S/C27H29N5O3/c1-31(2)22-11-5-20(6-12-22)18-28-27-29-26(21-9-15-24(35-4)16-10-21)30-32(27)25(33)17-19-7-13-23(34-3)14-8-19/h5-16H,17-18H2,1-4H3,(H,28,29,30). The Balaban J connectivity index is 1.58. The maximum Gasteiger partial charge on any atom is 0.254 e. The summed E-state index contributed by atoms with van der Waals surface area (Å²) in [5, 5.41) is 7.82. The van der Waals surface area contributed by atoms with Crippen molar-refractivity contribution in [3.05, 3.63) is 83.9 Å². The van der Waals surface area contributed by atoms with Crippen molar-refractivity contribution in [2.24, 2.45) is 0 Å². The largest absolute Gasteiger partial charge is 0.497 e. The van der Waals surface area contributed by atoms with Crippen molar-refractivity contribution in [3.8, 4) is 22.9 Å². The summed E-state index contributed by atoms with van der Waals surface area (Å²) >= 11 is 0. The first-order chi connectivity index (χ1) is 17.0. The van der Waals surface area contributed by atoms with Crippen molar-refractivity contribution < 1.29 is 14.3 Å². The average Bonchev–Trinajstić information content (AvgIpc) is 3.32. The molecule has 0 radical (unpaired) electrons. The minimum absolute atomic E-state index is 0.182. The van der Waals surface area contributed by atoms with Crippen molar-refractivity contribution in [1.29, 1.82) is 0 Å². The Morgan fingerprint density at radius 3 is 2.00 bits per heavy atom. The quantitative estimate of drug-likeness (QED) is 0.384. The number of nitrogens with zero attached hydrogens (tertiary/aromatic N) is 4. The first-order valence-corrected chi connectivity index (χ1v) is 11.2. The molecule has 0 aliphatic carbocycles. The van der Waals surface area contributed by atoms with Gasteiger partial charge < -0.3 is 19.7 Å². The van der Waals surface area contributed by atoms with E-state index in [0.29, 0.717) is 18.3 Å². The fourth-order valence-corrected chi connectivity index (χ4v) is 3.55. The molecule has 0 aliphatic rings. The molecule has 0 saturated heterocycles. The second kappa shape index (κ2) is 10.7. The third-order valence-electron chi connectivity index (χ3n) is 5.61. The Hall–Kier alpha value is -4.33. The second-order valence-electron chi connectivity index (χ2n) is 8.23. The molecular weight excluding hydrogens is 442 g/mol. The van der Waals surface area contributed by atoms with Crippen molar-refractivity contribution >= 4 is 17.5 Å². The average molecular weight is 472 g/mol. The number of anilines is 2. The molecule has 0 aliphatic heterocycles. The maximum absolute atomic E-state index is 13.2. The van der Waals surface area contributed by atoms with Gasteiger partial charge in [-0.2, -0.15) is 9.67 Å². The fraction of sp³-hybridized carbons (Fsp3) is 0.222. The summed E-state index contributed by atoms with van der Waals surface area (Å²) in [6.07, 6.45) is 0.182. The molecule has 8 heteroatoms. The molecule has 0 unspecified atom stereocenters. The molecule has 0 bridgehead atoms. The van der Waals surface area contributed by atoms with Gasteiger partial charge in [-0.05, 0) is 59.7 Å². The summed E-state index contributed by atoms with van der Waals surface area (Å²) in [5.74, 6) is 2.15. The van der Waals surface area contributed by atoms with Crippen LogP contribution in [-0.2, 0) is 13.0 Å². The van der Waals surface area contributed by atoms with Gasteiger partial charge in [-0.25, -0.2) is 0 Å². The maximum atomic E-state index is 13.2. The molecule has 0 amide bonds. The summed E-state index contributed by atoms with van der Waals surface area (Å²) in [5.41, 5.74) is 3.84. The molecule has 1 N–H and O–H groups in total. The van der Waals surface area contributed by atoms with Crippen molar-refractivity contribution in [1.82, 2.24) is 14.8 Å². The van der Waals surface area contributed by atoms with Gasteiger partial charge in [0.15, 0.2) is 5.82 Å². The highest BCUT2D eigenvalue weighted by atomic mass is 16.5. The molecular formula is C27H29N5O3. The summed E-state index contributed by atoms with van der Waals surface area (Å²) < 4.78 is 11.8. The van der Waals surface area contributed by atoms with Crippen LogP contribution < -0.4 is 19.7 Å². The topological polar surface area (TPSA) is 81.5 Å². The Bertz CT molecular complexity index is 1260. The molecule has 0 atom stereocenters. The van der Waals surface area contributed by atoms with Gasteiger partial charge in [0.05, 0.1) is 20.6 Å². The monoisotopic (exact) mass is 471 g/mol. The van der Waals surface area contributed by atoms with Crippen molar-refractivity contribution in [2.75, 3.05) is 38.5 Å². The Labute approximate surface area is 205 Å². The fourth-order valence-electron chi connectivity index (χ4n) is 3.55. The Kier molecular flexibility index (Phi) is 7.30. The lowest BCUT2D eigenvalue weighted by atomic mass is 10.1. The molecule has 35 heavy (non-hydrogen) atoms. The van der Waals surface area contributed by atoms with Gasteiger partial charge in [-0.1, -0.05) is 24.3 Å². The van der Waals surface area contributed by atoms with Gasteiger partial charge in [0, 0.05) is 31.9 Å². The van der Waals surface area contributed by atoms with E-state index in [1.807, 2.05) is 79.7 Å². The number of carbonyl (C=O) groups is 1. The van der Waals surface area contributed by atoms with E-state index in [1.54, 1.807) is 14.2 Å². The van der Waals surface area contributed by atoms with Crippen LogP contribution in [0.15, 0.2) is 72.8 Å². The van der Waals surface area contributed by atoms with Gasteiger partial charge in [0.1, 0.15) is 11.5 Å². The molecule has 1 heterocycles. The summed E-state index contributed by atoms with van der Waals surface area (Å²) in [6.45, 7) is 0.504.